The molecule has 0 atom stereocenters. The highest BCUT2D eigenvalue weighted by Crippen LogP contribution is 2.17. The van der Waals surface area contributed by atoms with Crippen LogP contribution < -0.4 is 4.72 Å². The Hall–Kier alpha value is -1.19. The molecular weight excluding hydrogens is 292 g/mol. The summed E-state index contributed by atoms with van der Waals surface area (Å²) in [6.45, 7) is 2.13. The van der Waals surface area contributed by atoms with E-state index in [4.69, 9.17) is 9.47 Å². The second-order valence-electron chi connectivity index (χ2n) is 3.54. The van der Waals surface area contributed by atoms with Crippen molar-refractivity contribution in [3.05, 3.63) is 11.1 Å². The fraction of sp³-hybridized carbons (Fsp3) is 0.600. The van der Waals surface area contributed by atoms with E-state index in [-0.39, 0.29) is 29.9 Å². The Morgan fingerprint density at radius 1 is 1.53 bits per heavy atom. The van der Waals surface area contributed by atoms with Gasteiger partial charge in [0.15, 0.2) is 5.13 Å². The lowest BCUT2D eigenvalue weighted by atomic mass is 10.3. The van der Waals surface area contributed by atoms with E-state index in [1.165, 1.54) is 7.11 Å². The van der Waals surface area contributed by atoms with Gasteiger partial charge < -0.3 is 9.47 Å². The molecule has 0 aromatic carbocycles. The number of thiazole rings is 1. The Morgan fingerprint density at radius 3 is 2.89 bits per heavy atom. The van der Waals surface area contributed by atoms with Crippen molar-refractivity contribution in [2.75, 3.05) is 30.8 Å². The molecular formula is C10H16N2O5S2. The molecule has 0 aliphatic carbocycles. The number of anilines is 1. The summed E-state index contributed by atoms with van der Waals surface area (Å²) in [5, 5.41) is 1.85. The van der Waals surface area contributed by atoms with Gasteiger partial charge in [0.25, 0.3) is 0 Å². The van der Waals surface area contributed by atoms with Gasteiger partial charge in [0, 0.05) is 12.5 Å². The van der Waals surface area contributed by atoms with Crippen LogP contribution in [0, 0.1) is 0 Å². The van der Waals surface area contributed by atoms with Crippen LogP contribution in [-0.4, -0.2) is 45.4 Å². The van der Waals surface area contributed by atoms with Crippen molar-refractivity contribution >= 4 is 32.5 Å². The molecule has 0 aliphatic heterocycles. The zero-order chi connectivity index (χ0) is 14.3. The molecule has 1 heterocycles. The van der Waals surface area contributed by atoms with Crippen molar-refractivity contribution in [3.8, 4) is 0 Å². The van der Waals surface area contributed by atoms with Gasteiger partial charge in [-0.15, -0.1) is 11.3 Å². The normalized spacial score (nSPS) is 11.3. The second kappa shape index (κ2) is 7.41. The maximum Gasteiger partial charge on any atom is 0.311 e. The largest absolute Gasteiger partial charge is 0.466 e. The van der Waals surface area contributed by atoms with Crippen LogP contribution >= 0.6 is 11.3 Å². The van der Waals surface area contributed by atoms with E-state index in [2.05, 4.69) is 9.71 Å². The first-order chi connectivity index (χ1) is 8.96. The standard InChI is InChI=1S/C10H16N2O5S2/c1-3-17-9(13)6-8-7-18-10(11-8)12-19(14,15)5-4-16-2/h7H,3-6H2,1-2H3,(H,11,12). The number of ether oxygens (including phenoxy) is 2. The molecule has 0 radical (unpaired) electrons. The molecule has 0 saturated heterocycles. The molecule has 7 nitrogen and oxygen atoms in total. The molecule has 0 spiro atoms. The molecule has 0 amide bonds. The predicted octanol–water partition coefficient (Wildman–Crippen LogP) is 0.637. The maximum absolute atomic E-state index is 11.6. The molecule has 0 saturated carbocycles. The zero-order valence-electron chi connectivity index (χ0n) is 10.7. The smallest absolute Gasteiger partial charge is 0.311 e. The number of methoxy groups -OCH3 is 1. The van der Waals surface area contributed by atoms with Gasteiger partial charge in [0.2, 0.25) is 10.0 Å². The Kier molecular flexibility index (Phi) is 6.19. The molecule has 1 aromatic rings. The highest BCUT2D eigenvalue weighted by molar-refractivity contribution is 7.92. The lowest BCUT2D eigenvalue weighted by Gasteiger charge is -2.03. The Morgan fingerprint density at radius 2 is 2.26 bits per heavy atom. The van der Waals surface area contributed by atoms with Gasteiger partial charge in [-0.2, -0.15) is 0 Å². The fourth-order valence-corrected chi connectivity index (χ4v) is 3.10. The molecule has 19 heavy (non-hydrogen) atoms. The van der Waals surface area contributed by atoms with E-state index in [0.717, 1.165) is 11.3 Å². The molecule has 0 unspecified atom stereocenters. The van der Waals surface area contributed by atoms with Crippen LogP contribution in [0.15, 0.2) is 5.38 Å². The first-order valence-corrected chi connectivity index (χ1v) is 8.09. The van der Waals surface area contributed by atoms with E-state index in [1.54, 1.807) is 12.3 Å². The average molecular weight is 308 g/mol. The highest BCUT2D eigenvalue weighted by atomic mass is 32.2. The predicted molar refractivity (Wildman–Crippen MR) is 71.7 cm³/mol. The van der Waals surface area contributed by atoms with Crippen LogP contribution in [0.5, 0.6) is 0 Å². The summed E-state index contributed by atoms with van der Waals surface area (Å²) in [4.78, 5) is 15.2. The van der Waals surface area contributed by atoms with E-state index < -0.39 is 10.0 Å². The minimum atomic E-state index is -3.47. The number of carbonyl (C=O) groups is 1. The molecule has 1 N–H and O–H groups in total. The monoisotopic (exact) mass is 308 g/mol. The summed E-state index contributed by atoms with van der Waals surface area (Å²) in [5.74, 6) is -0.530. The Balaban J connectivity index is 2.57. The van der Waals surface area contributed by atoms with Gasteiger partial charge in [0.1, 0.15) is 0 Å². The summed E-state index contributed by atoms with van der Waals surface area (Å²) >= 11 is 1.12. The van der Waals surface area contributed by atoms with Crippen LogP contribution in [0.4, 0.5) is 5.13 Å². The van der Waals surface area contributed by atoms with Crippen molar-refractivity contribution in [3.63, 3.8) is 0 Å². The molecule has 1 aromatic heterocycles. The number of hydrogen-bond donors (Lipinski definition) is 1. The summed E-state index contributed by atoms with van der Waals surface area (Å²) in [6, 6.07) is 0. The zero-order valence-corrected chi connectivity index (χ0v) is 12.3. The van der Waals surface area contributed by atoms with Crippen LogP contribution in [0.25, 0.3) is 0 Å². The van der Waals surface area contributed by atoms with Crippen LogP contribution in [0.2, 0.25) is 0 Å². The number of rotatable bonds is 8. The summed E-state index contributed by atoms with van der Waals surface area (Å²) in [7, 11) is -2.04. The number of esters is 1. The first-order valence-electron chi connectivity index (χ1n) is 5.56. The van der Waals surface area contributed by atoms with Crippen LogP contribution in [0.1, 0.15) is 12.6 Å². The van der Waals surface area contributed by atoms with Crippen molar-refractivity contribution < 1.29 is 22.7 Å². The van der Waals surface area contributed by atoms with Gasteiger partial charge >= 0.3 is 5.97 Å². The minimum Gasteiger partial charge on any atom is -0.466 e. The second-order valence-corrected chi connectivity index (χ2v) is 6.24. The maximum atomic E-state index is 11.6. The van der Waals surface area contributed by atoms with Crippen molar-refractivity contribution in [1.29, 1.82) is 0 Å². The molecule has 0 fully saturated rings. The minimum absolute atomic E-state index is 0.0319. The van der Waals surface area contributed by atoms with E-state index in [0.29, 0.717) is 12.3 Å². The molecule has 0 bridgehead atoms. The Bertz CT molecular complexity index is 512. The fourth-order valence-electron chi connectivity index (χ4n) is 1.17. The average Bonchev–Trinajstić information content (AvgIpc) is 2.73. The van der Waals surface area contributed by atoms with Gasteiger partial charge in [-0.25, -0.2) is 13.4 Å². The molecule has 108 valence electrons. The van der Waals surface area contributed by atoms with Crippen molar-refractivity contribution in [1.82, 2.24) is 4.98 Å². The quantitative estimate of drug-likeness (QED) is 0.708. The van der Waals surface area contributed by atoms with E-state index in [1.807, 2.05) is 0 Å². The first kappa shape index (κ1) is 15.9. The third-order valence-corrected chi connectivity index (χ3v) is 4.13. The van der Waals surface area contributed by atoms with E-state index >= 15 is 0 Å². The molecule has 0 aliphatic rings. The summed E-state index contributed by atoms with van der Waals surface area (Å²) in [6.07, 6.45) is 0.0319. The molecule has 9 heteroatoms. The number of sulfonamides is 1. The van der Waals surface area contributed by atoms with Gasteiger partial charge in [-0.3, -0.25) is 9.52 Å². The van der Waals surface area contributed by atoms with Gasteiger partial charge in [-0.05, 0) is 6.92 Å². The Labute approximate surface area is 116 Å². The lowest BCUT2D eigenvalue weighted by Crippen LogP contribution is -2.19. The van der Waals surface area contributed by atoms with Gasteiger partial charge in [-0.1, -0.05) is 0 Å². The third kappa shape index (κ3) is 5.99. The third-order valence-electron chi connectivity index (χ3n) is 1.98. The number of aromatic nitrogens is 1. The number of nitrogens with zero attached hydrogens (tertiary/aromatic N) is 1. The number of hydrogen-bond acceptors (Lipinski definition) is 7. The van der Waals surface area contributed by atoms with Gasteiger partial charge in [0.05, 0.1) is 31.1 Å². The summed E-state index contributed by atoms with van der Waals surface area (Å²) < 4.78 is 35.0. The topological polar surface area (TPSA) is 94.6 Å². The van der Waals surface area contributed by atoms with E-state index in [9.17, 15) is 13.2 Å². The highest BCUT2D eigenvalue weighted by Gasteiger charge is 2.14. The number of carbonyl (C=O) groups excluding carboxylic acids is 1. The SMILES string of the molecule is CCOC(=O)Cc1csc(NS(=O)(=O)CCOC)n1. The number of nitrogens with one attached hydrogen (secondary N) is 1. The molecule has 1 rings (SSSR count). The summed E-state index contributed by atoms with van der Waals surface area (Å²) in [5.41, 5.74) is 0.480. The van der Waals surface area contributed by atoms with Crippen LogP contribution in [0.3, 0.4) is 0 Å². The van der Waals surface area contributed by atoms with Crippen molar-refractivity contribution in [2.45, 2.75) is 13.3 Å². The lowest BCUT2D eigenvalue weighted by molar-refractivity contribution is -0.142. The van der Waals surface area contributed by atoms with Crippen LogP contribution in [-0.2, 0) is 30.7 Å². The van der Waals surface area contributed by atoms with Crippen molar-refractivity contribution in [2.24, 2.45) is 0 Å².